The van der Waals surface area contributed by atoms with Gasteiger partial charge < -0.3 is 19.6 Å². The van der Waals surface area contributed by atoms with Crippen LogP contribution in [-0.2, 0) is 22.7 Å². The van der Waals surface area contributed by atoms with E-state index in [0.29, 0.717) is 12.3 Å². The quantitative estimate of drug-likeness (QED) is 0.695. The van der Waals surface area contributed by atoms with Gasteiger partial charge in [-0.1, -0.05) is 17.3 Å². The number of carboxylic acids is 1. The van der Waals surface area contributed by atoms with E-state index in [9.17, 15) is 14.4 Å². The summed E-state index contributed by atoms with van der Waals surface area (Å²) in [4.78, 5) is 37.5. The summed E-state index contributed by atoms with van der Waals surface area (Å²) < 4.78 is 6.38. The highest BCUT2D eigenvalue weighted by Gasteiger charge is 2.17. The minimum absolute atomic E-state index is 0.00873. The maximum Gasteiger partial charge on any atom is 0.341 e. The molecule has 1 heterocycles. The van der Waals surface area contributed by atoms with E-state index >= 15 is 0 Å². The lowest BCUT2D eigenvalue weighted by atomic mass is 10.2. The molecule has 1 N–H and O–H groups in total. The number of hydrogen-bond donors (Lipinski definition) is 1. The van der Waals surface area contributed by atoms with Gasteiger partial charge in [0.05, 0.1) is 6.20 Å². The third-order valence-corrected chi connectivity index (χ3v) is 3.61. The number of carbonyl (C=O) groups is 3. The molecule has 0 saturated carbocycles. The van der Waals surface area contributed by atoms with Crippen LogP contribution in [0, 0.1) is 0 Å². The lowest BCUT2D eigenvalue weighted by Gasteiger charge is -2.16. The van der Waals surface area contributed by atoms with Crippen molar-refractivity contribution in [2.75, 3.05) is 27.7 Å². The molecule has 144 valence electrons. The Labute approximate surface area is 155 Å². The Morgan fingerprint density at radius 3 is 2.41 bits per heavy atom. The fraction of sp³-hybridized carbons (Fsp3) is 0.353. The first-order chi connectivity index (χ1) is 12.8. The van der Waals surface area contributed by atoms with E-state index in [1.165, 1.54) is 20.7 Å². The van der Waals surface area contributed by atoms with Crippen molar-refractivity contribution < 1.29 is 24.2 Å². The first-order valence-corrected chi connectivity index (χ1v) is 8.05. The Balaban J connectivity index is 1.94. The number of nitrogens with zero attached hydrogens (tertiary/aromatic N) is 5. The molecule has 0 unspecified atom stereocenters. The van der Waals surface area contributed by atoms with Crippen LogP contribution in [-0.4, -0.2) is 75.4 Å². The standard InChI is InChI=1S/C17H21N5O5/c1-20(2)15(23)10-22-9-14(18-19-22)17(26)21(3)8-12-4-6-13(7-5-12)27-11-16(24)25/h4-7,9H,8,10-11H2,1-3H3,(H,24,25). The number of likely N-dealkylation sites (N-methyl/N-ethyl adjacent to an activating group) is 1. The Bertz CT molecular complexity index is 815. The average Bonchev–Trinajstić information content (AvgIpc) is 3.08. The molecule has 0 saturated heterocycles. The Hall–Kier alpha value is -3.43. The Kier molecular flexibility index (Phi) is 6.47. The second-order valence-electron chi connectivity index (χ2n) is 6.08. The van der Waals surface area contributed by atoms with Crippen molar-refractivity contribution >= 4 is 17.8 Å². The minimum atomic E-state index is -1.05. The second kappa shape index (κ2) is 8.79. The Morgan fingerprint density at radius 2 is 1.81 bits per heavy atom. The van der Waals surface area contributed by atoms with Crippen LogP contribution in [0.15, 0.2) is 30.5 Å². The summed E-state index contributed by atoms with van der Waals surface area (Å²) >= 11 is 0. The topological polar surface area (TPSA) is 118 Å². The SMILES string of the molecule is CN(C)C(=O)Cn1cc(C(=O)N(C)Cc2ccc(OCC(=O)O)cc2)nn1. The van der Waals surface area contributed by atoms with Gasteiger partial charge >= 0.3 is 5.97 Å². The average molecular weight is 375 g/mol. The number of carboxylic acid groups (broad SMARTS) is 1. The van der Waals surface area contributed by atoms with Gasteiger partial charge in [0.15, 0.2) is 12.3 Å². The van der Waals surface area contributed by atoms with E-state index < -0.39 is 12.6 Å². The van der Waals surface area contributed by atoms with Crippen molar-refractivity contribution in [1.82, 2.24) is 24.8 Å². The zero-order chi connectivity index (χ0) is 20.0. The monoisotopic (exact) mass is 375 g/mol. The smallest absolute Gasteiger partial charge is 0.341 e. The number of amides is 2. The van der Waals surface area contributed by atoms with E-state index in [0.717, 1.165) is 5.56 Å². The van der Waals surface area contributed by atoms with E-state index in [4.69, 9.17) is 9.84 Å². The normalized spacial score (nSPS) is 10.3. The van der Waals surface area contributed by atoms with Gasteiger partial charge in [0.1, 0.15) is 12.3 Å². The third-order valence-electron chi connectivity index (χ3n) is 3.61. The molecule has 2 rings (SSSR count). The predicted octanol–water partition coefficient (Wildman–Crippen LogP) is 0.102. The molecule has 2 amide bonds. The van der Waals surface area contributed by atoms with Gasteiger partial charge in [0, 0.05) is 27.7 Å². The van der Waals surface area contributed by atoms with Crippen LogP contribution in [0.5, 0.6) is 5.75 Å². The first kappa shape index (κ1) is 19.9. The molecule has 0 radical (unpaired) electrons. The van der Waals surface area contributed by atoms with Crippen molar-refractivity contribution in [2.45, 2.75) is 13.1 Å². The molecule has 0 fully saturated rings. The molecule has 0 bridgehead atoms. The fourth-order valence-corrected chi connectivity index (χ4v) is 2.13. The second-order valence-corrected chi connectivity index (χ2v) is 6.08. The van der Waals surface area contributed by atoms with E-state index in [1.807, 2.05) is 0 Å². The maximum atomic E-state index is 12.5. The van der Waals surface area contributed by atoms with Crippen LogP contribution in [0.4, 0.5) is 0 Å². The summed E-state index contributed by atoms with van der Waals surface area (Å²) in [6.45, 7) is -0.0833. The van der Waals surface area contributed by atoms with Gasteiger partial charge in [-0.15, -0.1) is 5.10 Å². The molecule has 27 heavy (non-hydrogen) atoms. The van der Waals surface area contributed by atoms with Gasteiger partial charge in [-0.05, 0) is 17.7 Å². The minimum Gasteiger partial charge on any atom is -0.482 e. The number of aromatic nitrogens is 3. The zero-order valence-corrected chi connectivity index (χ0v) is 15.3. The summed E-state index contributed by atoms with van der Waals surface area (Å²) in [5.41, 5.74) is 0.981. The van der Waals surface area contributed by atoms with E-state index in [2.05, 4.69) is 10.3 Å². The molecule has 1 aromatic carbocycles. The number of aliphatic carboxylic acids is 1. The molecule has 0 atom stereocenters. The van der Waals surface area contributed by atoms with Crippen LogP contribution < -0.4 is 4.74 Å². The summed E-state index contributed by atoms with van der Waals surface area (Å²) in [7, 11) is 4.90. The lowest BCUT2D eigenvalue weighted by molar-refractivity contribution is -0.139. The summed E-state index contributed by atoms with van der Waals surface area (Å²) in [5, 5.41) is 16.2. The van der Waals surface area contributed by atoms with Crippen molar-refractivity contribution in [3.63, 3.8) is 0 Å². The molecule has 10 nitrogen and oxygen atoms in total. The maximum absolute atomic E-state index is 12.5. The first-order valence-electron chi connectivity index (χ1n) is 8.05. The molecule has 10 heteroatoms. The van der Waals surface area contributed by atoms with Crippen LogP contribution >= 0.6 is 0 Å². The number of ether oxygens (including phenoxy) is 1. The largest absolute Gasteiger partial charge is 0.482 e. The number of hydrogen-bond acceptors (Lipinski definition) is 6. The summed E-state index contributed by atoms with van der Waals surface area (Å²) in [6.07, 6.45) is 1.43. The number of rotatable bonds is 8. The molecule has 0 aliphatic heterocycles. The summed E-state index contributed by atoms with van der Waals surface area (Å²) in [5.74, 6) is -1.10. The number of benzene rings is 1. The highest BCUT2D eigenvalue weighted by atomic mass is 16.5. The van der Waals surface area contributed by atoms with Crippen LogP contribution in [0.3, 0.4) is 0 Å². The van der Waals surface area contributed by atoms with Crippen molar-refractivity contribution in [2.24, 2.45) is 0 Å². The molecule has 2 aromatic rings. The van der Waals surface area contributed by atoms with Crippen molar-refractivity contribution in [3.8, 4) is 5.75 Å². The van der Waals surface area contributed by atoms with Gasteiger partial charge in [-0.2, -0.15) is 0 Å². The van der Waals surface area contributed by atoms with Crippen LogP contribution in [0.1, 0.15) is 16.1 Å². The van der Waals surface area contributed by atoms with E-state index in [1.54, 1.807) is 45.4 Å². The van der Waals surface area contributed by atoms with Gasteiger partial charge in [0.25, 0.3) is 5.91 Å². The predicted molar refractivity (Wildman–Crippen MR) is 94.1 cm³/mol. The van der Waals surface area contributed by atoms with Gasteiger partial charge in [-0.25, -0.2) is 9.48 Å². The third kappa shape index (κ3) is 5.80. The fourth-order valence-electron chi connectivity index (χ4n) is 2.13. The van der Waals surface area contributed by atoms with Crippen LogP contribution in [0.25, 0.3) is 0 Å². The zero-order valence-electron chi connectivity index (χ0n) is 15.3. The molecule has 0 aliphatic rings. The Morgan fingerprint density at radius 1 is 1.15 bits per heavy atom. The van der Waals surface area contributed by atoms with Crippen LogP contribution in [0.2, 0.25) is 0 Å². The summed E-state index contributed by atoms with van der Waals surface area (Å²) in [6, 6.07) is 6.76. The number of carbonyl (C=O) groups excluding carboxylic acids is 2. The highest BCUT2D eigenvalue weighted by Crippen LogP contribution is 2.14. The molecule has 1 aromatic heterocycles. The molecule has 0 spiro atoms. The van der Waals surface area contributed by atoms with Gasteiger partial charge in [0.2, 0.25) is 5.91 Å². The van der Waals surface area contributed by atoms with Gasteiger partial charge in [-0.3, -0.25) is 9.59 Å². The lowest BCUT2D eigenvalue weighted by Crippen LogP contribution is -2.27. The van der Waals surface area contributed by atoms with Crippen molar-refractivity contribution in [3.05, 3.63) is 41.7 Å². The molecular formula is C17H21N5O5. The van der Waals surface area contributed by atoms with E-state index in [-0.39, 0.29) is 24.1 Å². The molecule has 0 aliphatic carbocycles. The molecular weight excluding hydrogens is 354 g/mol. The highest BCUT2D eigenvalue weighted by molar-refractivity contribution is 5.91. The van der Waals surface area contributed by atoms with Crippen molar-refractivity contribution in [1.29, 1.82) is 0 Å².